The van der Waals surface area contributed by atoms with Crippen molar-refractivity contribution in [2.24, 2.45) is 17.6 Å². The Hall–Kier alpha value is -5.97. The Morgan fingerprint density at radius 3 is 2.46 bits per heavy atom. The van der Waals surface area contributed by atoms with Crippen LogP contribution in [-0.2, 0) is 33.9 Å². The second-order valence-electron chi connectivity index (χ2n) is 17.0. The number of unbranched alkanes of at least 4 members (excludes halogenated alkanes) is 3. The summed E-state index contributed by atoms with van der Waals surface area (Å²) in [6.45, 7) is 0.00693. The first-order chi connectivity index (χ1) is 30.4. The number of fused-ring (bicyclic) bond motifs is 3. The van der Waals surface area contributed by atoms with Gasteiger partial charge in [-0.15, -0.1) is 0 Å². The van der Waals surface area contributed by atoms with E-state index in [1.165, 1.54) is 12.0 Å². The van der Waals surface area contributed by atoms with Gasteiger partial charge in [0.05, 0.1) is 30.2 Å². The van der Waals surface area contributed by atoms with E-state index in [-0.39, 0.29) is 37.3 Å². The van der Waals surface area contributed by atoms with Gasteiger partial charge in [-0.25, -0.2) is 23.0 Å². The lowest BCUT2D eigenvalue weighted by molar-refractivity contribution is -0.139. The van der Waals surface area contributed by atoms with E-state index in [0.717, 1.165) is 50.3 Å². The number of likely N-dealkylation sites (tertiary alicyclic amines) is 1. The van der Waals surface area contributed by atoms with Crippen LogP contribution in [0.4, 0.5) is 4.79 Å². The van der Waals surface area contributed by atoms with Crippen LogP contribution in [0.3, 0.4) is 0 Å². The minimum absolute atomic E-state index is 0.00693. The summed E-state index contributed by atoms with van der Waals surface area (Å²) >= 11 is 0. The van der Waals surface area contributed by atoms with Gasteiger partial charge in [-0.1, -0.05) is 49.3 Å². The number of nitrogens with one attached hydrogen (secondary N) is 2. The zero-order valence-corrected chi connectivity index (χ0v) is 36.0. The number of furan rings is 1. The normalized spacial score (nSPS) is 21.7. The van der Waals surface area contributed by atoms with Gasteiger partial charge < -0.3 is 34.6 Å². The number of aromatic nitrogens is 1. The number of nitrogens with zero attached hydrogens (tertiary/aromatic N) is 2. The van der Waals surface area contributed by atoms with Crippen LogP contribution in [0.5, 0.6) is 5.75 Å². The summed E-state index contributed by atoms with van der Waals surface area (Å²) in [7, 11) is -2.25. The highest BCUT2D eigenvalue weighted by Gasteiger charge is 2.45. The molecule has 0 unspecified atom stereocenters. The summed E-state index contributed by atoms with van der Waals surface area (Å²) in [5, 5.41) is 3.12. The van der Waals surface area contributed by atoms with Crippen molar-refractivity contribution in [2.75, 3.05) is 13.7 Å². The number of benzene rings is 2. The molecule has 1 aliphatic heterocycles. The SMILES string of the molecule is COC(=O)c1ccc(-c2cc(O[C@@H]3C[C@@H](C(N)=O)N(C(=O)[C@H](CCCCC/C=C\[C@@H]4C[C@@H]4C(=O)NS(=O)(=O)C4CC4)NC(=O)OC4CCCC4)C3)c3oc4ccccc4c3n2)cc1. The van der Waals surface area contributed by atoms with Crippen LogP contribution in [0.25, 0.3) is 33.3 Å². The number of rotatable bonds is 18. The Morgan fingerprint density at radius 1 is 0.968 bits per heavy atom. The van der Waals surface area contributed by atoms with Gasteiger partial charge in [0.15, 0.2) is 11.3 Å². The molecule has 3 saturated carbocycles. The van der Waals surface area contributed by atoms with Crippen molar-refractivity contribution in [2.45, 2.75) is 113 Å². The van der Waals surface area contributed by atoms with E-state index in [2.05, 4.69) is 10.0 Å². The van der Waals surface area contributed by atoms with Gasteiger partial charge in [0, 0.05) is 29.4 Å². The summed E-state index contributed by atoms with van der Waals surface area (Å²) in [4.78, 5) is 71.4. The first kappa shape index (κ1) is 43.7. The third-order valence-corrected chi connectivity index (χ3v) is 14.2. The second-order valence-corrected chi connectivity index (χ2v) is 19.0. The number of alkyl carbamates (subject to hydrolysis) is 1. The molecule has 17 heteroatoms. The van der Waals surface area contributed by atoms with Crippen LogP contribution >= 0.6 is 0 Å². The zero-order valence-electron chi connectivity index (χ0n) is 35.2. The molecule has 3 heterocycles. The van der Waals surface area contributed by atoms with Crippen molar-refractivity contribution >= 4 is 61.9 Å². The number of sulfonamides is 1. The van der Waals surface area contributed by atoms with Gasteiger partial charge in [0.1, 0.15) is 35.4 Å². The van der Waals surface area contributed by atoms with Gasteiger partial charge in [-0.2, -0.15) is 0 Å². The highest BCUT2D eigenvalue weighted by molar-refractivity contribution is 7.90. The maximum Gasteiger partial charge on any atom is 0.408 e. The number of amides is 4. The predicted octanol–water partition coefficient (Wildman–Crippen LogP) is 6.06. The van der Waals surface area contributed by atoms with E-state index in [1.807, 2.05) is 36.4 Å². The molecular formula is C46H53N5O11S. The van der Waals surface area contributed by atoms with Crippen LogP contribution in [0, 0.1) is 11.8 Å². The Labute approximate surface area is 365 Å². The summed E-state index contributed by atoms with van der Waals surface area (Å²) < 4.78 is 49.9. The Kier molecular flexibility index (Phi) is 13.0. The van der Waals surface area contributed by atoms with Crippen LogP contribution in [0.15, 0.2) is 71.2 Å². The molecule has 1 saturated heterocycles. The summed E-state index contributed by atoms with van der Waals surface area (Å²) in [6.07, 6.45) is 10.8. The number of ether oxygens (including phenoxy) is 3. The molecule has 0 spiro atoms. The molecule has 2 aromatic carbocycles. The number of carbonyl (C=O) groups excluding carboxylic acids is 5. The fourth-order valence-corrected chi connectivity index (χ4v) is 9.97. The van der Waals surface area contributed by atoms with Crippen molar-refractivity contribution in [3.8, 4) is 17.0 Å². The zero-order chi connectivity index (χ0) is 44.3. The highest BCUT2D eigenvalue weighted by atomic mass is 32.2. The van der Waals surface area contributed by atoms with E-state index < -0.39 is 63.2 Å². The molecule has 8 rings (SSSR count). The van der Waals surface area contributed by atoms with E-state index in [1.54, 1.807) is 30.3 Å². The third kappa shape index (κ3) is 10.3. The molecular weight excluding hydrogens is 831 g/mol. The van der Waals surface area contributed by atoms with Crippen molar-refractivity contribution in [1.82, 2.24) is 19.9 Å². The quantitative estimate of drug-likeness (QED) is 0.0589. The van der Waals surface area contributed by atoms with Gasteiger partial charge in [0.25, 0.3) is 0 Å². The lowest BCUT2D eigenvalue weighted by atomic mass is 10.0. The maximum absolute atomic E-state index is 14.4. The minimum atomic E-state index is -3.56. The maximum atomic E-state index is 14.4. The molecule has 334 valence electrons. The van der Waals surface area contributed by atoms with Crippen LogP contribution < -0.4 is 20.5 Å². The Morgan fingerprint density at radius 2 is 1.73 bits per heavy atom. The molecule has 3 aliphatic carbocycles. The number of allylic oxidation sites excluding steroid dienone is 2. The number of pyridine rings is 1. The first-order valence-electron chi connectivity index (χ1n) is 21.8. The predicted molar refractivity (Wildman–Crippen MR) is 232 cm³/mol. The topological polar surface area (TPSA) is 227 Å². The average Bonchev–Trinajstić information content (AvgIpc) is 4.14. The van der Waals surface area contributed by atoms with E-state index in [4.69, 9.17) is 29.3 Å². The van der Waals surface area contributed by atoms with Crippen molar-refractivity contribution in [3.05, 3.63) is 72.3 Å². The summed E-state index contributed by atoms with van der Waals surface area (Å²) in [6, 6.07) is 14.0. The number of carbonyl (C=O) groups is 5. The molecule has 63 heavy (non-hydrogen) atoms. The third-order valence-electron chi connectivity index (χ3n) is 12.4. The largest absolute Gasteiger partial charge is 0.484 e. The van der Waals surface area contributed by atoms with Crippen molar-refractivity contribution < 1.29 is 51.0 Å². The number of methoxy groups -OCH3 is 1. The molecule has 16 nitrogen and oxygen atoms in total. The molecule has 4 fully saturated rings. The van der Waals surface area contributed by atoms with Crippen LogP contribution in [0.2, 0.25) is 0 Å². The monoisotopic (exact) mass is 883 g/mol. The van der Waals surface area contributed by atoms with Gasteiger partial charge >= 0.3 is 12.1 Å². The summed E-state index contributed by atoms with van der Waals surface area (Å²) in [5.41, 5.74) is 9.07. The Balaban J connectivity index is 0.933. The fraction of sp³-hybridized carbons (Fsp3) is 0.478. The number of para-hydroxylation sites is 1. The van der Waals surface area contributed by atoms with E-state index in [9.17, 15) is 32.4 Å². The lowest BCUT2D eigenvalue weighted by Gasteiger charge is -2.28. The second kappa shape index (κ2) is 18.8. The number of hydrogen-bond donors (Lipinski definition) is 3. The molecule has 4 amide bonds. The van der Waals surface area contributed by atoms with Gasteiger partial charge in [-0.3, -0.25) is 19.1 Å². The van der Waals surface area contributed by atoms with Gasteiger partial charge in [-0.05, 0) is 94.4 Å². The van der Waals surface area contributed by atoms with Gasteiger partial charge in [0.2, 0.25) is 27.7 Å². The Bertz CT molecular complexity index is 2510. The molecule has 2 aromatic heterocycles. The summed E-state index contributed by atoms with van der Waals surface area (Å²) in [5.74, 6) is -2.05. The van der Waals surface area contributed by atoms with E-state index in [0.29, 0.717) is 64.9 Å². The number of primary amides is 1. The number of esters is 1. The molecule has 4 aromatic rings. The van der Waals surface area contributed by atoms with Crippen molar-refractivity contribution in [3.63, 3.8) is 0 Å². The first-order valence-corrected chi connectivity index (χ1v) is 23.4. The molecule has 4 aliphatic rings. The lowest BCUT2D eigenvalue weighted by Crippen LogP contribution is -2.53. The number of hydrogen-bond acceptors (Lipinski definition) is 12. The van der Waals surface area contributed by atoms with Crippen molar-refractivity contribution in [1.29, 1.82) is 0 Å². The molecule has 4 N–H and O–H groups in total. The molecule has 5 atom stereocenters. The minimum Gasteiger partial charge on any atom is -0.484 e. The standard InChI is InChI=1S/C46H53N5O11S/c1-59-45(55)28-19-17-27(18-20-28)36-25-39(41-40(48-36)33-14-9-10-16-38(33)62-41)60-31-24-37(42(47)52)51(26-31)44(54)35(49-46(56)61-30-12-7-8-13-30)15-6-4-2-3-5-11-29-23-34(29)43(53)50-63(57,58)32-21-22-32/h5,9-11,14,16-20,25,29-32,34-35,37H,2-4,6-8,12-13,15,21-24,26H2,1H3,(H2,47,52)(H,49,56)(H,50,53)/b11-5-/t29-,31-,34+,35+,37+/m1/s1. The molecule has 0 bridgehead atoms. The number of nitrogens with two attached hydrogens (primary N) is 1. The average molecular weight is 884 g/mol. The smallest absolute Gasteiger partial charge is 0.408 e. The van der Waals surface area contributed by atoms with Crippen LogP contribution in [0.1, 0.15) is 93.8 Å². The molecule has 0 radical (unpaired) electrons. The van der Waals surface area contributed by atoms with Crippen LogP contribution in [-0.4, -0.2) is 91.3 Å². The highest BCUT2D eigenvalue weighted by Crippen LogP contribution is 2.41. The fourth-order valence-electron chi connectivity index (χ4n) is 8.61. The van der Waals surface area contributed by atoms with E-state index >= 15 is 0 Å².